The third-order valence-electron chi connectivity index (χ3n) is 3.31. The van der Waals surface area contributed by atoms with Gasteiger partial charge in [0, 0.05) is 24.3 Å². The molecule has 1 aromatic carbocycles. The lowest BCUT2D eigenvalue weighted by Gasteiger charge is -2.29. The van der Waals surface area contributed by atoms with E-state index < -0.39 is 0 Å². The second-order valence-electron chi connectivity index (χ2n) is 4.61. The SMILES string of the molecule is CCCCCCN1CC=C(O)c2ccccc21. The minimum atomic E-state index is 0.422. The van der Waals surface area contributed by atoms with Gasteiger partial charge in [0.2, 0.25) is 0 Å². The van der Waals surface area contributed by atoms with Gasteiger partial charge in [-0.1, -0.05) is 38.3 Å². The lowest BCUT2D eigenvalue weighted by atomic mass is 10.1. The molecule has 0 aromatic heterocycles. The van der Waals surface area contributed by atoms with E-state index in [-0.39, 0.29) is 0 Å². The summed E-state index contributed by atoms with van der Waals surface area (Å²) in [6, 6.07) is 8.09. The van der Waals surface area contributed by atoms with E-state index in [2.05, 4.69) is 17.9 Å². The van der Waals surface area contributed by atoms with Crippen molar-refractivity contribution in [3.63, 3.8) is 0 Å². The molecule has 2 rings (SSSR count). The number of aliphatic hydroxyl groups excluding tert-OH is 1. The van der Waals surface area contributed by atoms with Crippen molar-refractivity contribution in [1.29, 1.82) is 0 Å². The number of hydrogen-bond acceptors (Lipinski definition) is 2. The summed E-state index contributed by atoms with van der Waals surface area (Å²) in [7, 11) is 0. The highest BCUT2D eigenvalue weighted by molar-refractivity contribution is 5.75. The molecule has 0 unspecified atom stereocenters. The van der Waals surface area contributed by atoms with Crippen molar-refractivity contribution in [2.75, 3.05) is 18.0 Å². The maximum absolute atomic E-state index is 9.82. The Hall–Kier alpha value is -1.44. The fourth-order valence-corrected chi connectivity index (χ4v) is 2.31. The van der Waals surface area contributed by atoms with Gasteiger partial charge in [-0.3, -0.25) is 0 Å². The second-order valence-corrected chi connectivity index (χ2v) is 4.61. The van der Waals surface area contributed by atoms with E-state index in [9.17, 15) is 5.11 Å². The van der Waals surface area contributed by atoms with Gasteiger partial charge < -0.3 is 10.0 Å². The van der Waals surface area contributed by atoms with E-state index in [1.54, 1.807) is 0 Å². The molecule has 2 nitrogen and oxygen atoms in total. The number of fused-ring (bicyclic) bond motifs is 1. The topological polar surface area (TPSA) is 23.5 Å². The Morgan fingerprint density at radius 1 is 1.18 bits per heavy atom. The van der Waals surface area contributed by atoms with Crippen molar-refractivity contribution >= 4 is 11.4 Å². The summed E-state index contributed by atoms with van der Waals surface area (Å²) in [4.78, 5) is 2.35. The highest BCUT2D eigenvalue weighted by Gasteiger charge is 2.16. The van der Waals surface area contributed by atoms with Crippen LogP contribution in [0.3, 0.4) is 0 Å². The summed E-state index contributed by atoms with van der Waals surface area (Å²) in [5.74, 6) is 0.422. The molecule has 1 N–H and O–H groups in total. The van der Waals surface area contributed by atoms with Gasteiger partial charge in [0.25, 0.3) is 0 Å². The van der Waals surface area contributed by atoms with E-state index in [0.29, 0.717) is 5.76 Å². The first-order valence-electron chi connectivity index (χ1n) is 6.56. The molecule has 2 heteroatoms. The number of rotatable bonds is 5. The molecule has 0 saturated carbocycles. The van der Waals surface area contributed by atoms with E-state index in [0.717, 1.165) is 18.7 Å². The zero-order valence-corrected chi connectivity index (χ0v) is 10.5. The number of para-hydroxylation sites is 1. The highest BCUT2D eigenvalue weighted by atomic mass is 16.3. The van der Waals surface area contributed by atoms with Crippen molar-refractivity contribution in [1.82, 2.24) is 0 Å². The third kappa shape index (κ3) is 2.82. The Labute approximate surface area is 104 Å². The first-order valence-corrected chi connectivity index (χ1v) is 6.56. The molecule has 1 aromatic rings. The number of benzene rings is 1. The Morgan fingerprint density at radius 3 is 2.82 bits per heavy atom. The minimum Gasteiger partial charge on any atom is -0.508 e. The zero-order chi connectivity index (χ0) is 12.1. The van der Waals surface area contributed by atoms with Crippen LogP contribution in [0.15, 0.2) is 30.3 Å². The zero-order valence-electron chi connectivity index (χ0n) is 10.5. The molecule has 17 heavy (non-hydrogen) atoms. The largest absolute Gasteiger partial charge is 0.508 e. The minimum absolute atomic E-state index is 0.422. The van der Waals surface area contributed by atoms with Gasteiger partial charge >= 0.3 is 0 Å². The lowest BCUT2D eigenvalue weighted by molar-refractivity contribution is 0.506. The molecule has 0 atom stereocenters. The molecular weight excluding hydrogens is 210 g/mol. The summed E-state index contributed by atoms with van der Waals surface area (Å²) < 4.78 is 0. The van der Waals surface area contributed by atoms with E-state index in [1.165, 1.54) is 31.4 Å². The first-order chi connectivity index (χ1) is 8.33. The molecule has 0 amide bonds. The van der Waals surface area contributed by atoms with Crippen molar-refractivity contribution in [3.05, 3.63) is 35.9 Å². The Morgan fingerprint density at radius 2 is 2.00 bits per heavy atom. The van der Waals surface area contributed by atoms with Crippen molar-refractivity contribution in [3.8, 4) is 0 Å². The number of anilines is 1. The number of hydrogen-bond donors (Lipinski definition) is 1. The fraction of sp³-hybridized carbons (Fsp3) is 0.467. The molecule has 1 aliphatic rings. The van der Waals surface area contributed by atoms with Crippen LogP contribution in [0.2, 0.25) is 0 Å². The highest BCUT2D eigenvalue weighted by Crippen LogP contribution is 2.29. The van der Waals surface area contributed by atoms with Crippen LogP contribution >= 0.6 is 0 Å². The predicted octanol–water partition coefficient (Wildman–Crippen LogP) is 3.99. The van der Waals surface area contributed by atoms with Crippen molar-refractivity contribution in [2.45, 2.75) is 32.6 Å². The van der Waals surface area contributed by atoms with E-state index in [1.807, 2.05) is 24.3 Å². The van der Waals surface area contributed by atoms with Crippen molar-refractivity contribution in [2.24, 2.45) is 0 Å². The molecule has 1 heterocycles. The molecule has 0 aliphatic carbocycles. The summed E-state index contributed by atoms with van der Waals surface area (Å²) in [5, 5.41) is 9.82. The van der Waals surface area contributed by atoms with Gasteiger partial charge in [0.05, 0.1) is 0 Å². The molecule has 0 bridgehead atoms. The quantitative estimate of drug-likeness (QED) is 0.775. The average Bonchev–Trinajstić information content (AvgIpc) is 2.37. The van der Waals surface area contributed by atoms with Crippen LogP contribution in [0.5, 0.6) is 0 Å². The van der Waals surface area contributed by atoms with Crippen LogP contribution < -0.4 is 4.90 Å². The predicted molar refractivity (Wildman–Crippen MR) is 73.4 cm³/mol. The standard InChI is InChI=1S/C15H21NO/c1-2-3-4-7-11-16-12-10-15(17)13-8-5-6-9-14(13)16/h5-6,8-10,17H,2-4,7,11-12H2,1H3. The van der Waals surface area contributed by atoms with Gasteiger partial charge in [-0.05, 0) is 24.6 Å². The molecule has 0 saturated heterocycles. The number of aliphatic hydroxyl groups is 1. The maximum atomic E-state index is 9.82. The van der Waals surface area contributed by atoms with Crippen LogP contribution in [-0.4, -0.2) is 18.2 Å². The second kappa shape index (κ2) is 5.76. The van der Waals surface area contributed by atoms with Crippen LogP contribution in [0.1, 0.15) is 38.2 Å². The van der Waals surface area contributed by atoms with Crippen LogP contribution in [0.25, 0.3) is 5.76 Å². The van der Waals surface area contributed by atoms with Gasteiger partial charge in [0.15, 0.2) is 0 Å². The first kappa shape index (κ1) is 12.0. The molecule has 92 valence electrons. The molecule has 0 fully saturated rings. The third-order valence-corrected chi connectivity index (χ3v) is 3.31. The molecule has 0 spiro atoms. The number of nitrogens with zero attached hydrogens (tertiary/aromatic N) is 1. The van der Waals surface area contributed by atoms with Gasteiger partial charge in [-0.15, -0.1) is 0 Å². The van der Waals surface area contributed by atoms with E-state index >= 15 is 0 Å². The molecule has 0 radical (unpaired) electrons. The molecule has 1 aliphatic heterocycles. The maximum Gasteiger partial charge on any atom is 0.122 e. The summed E-state index contributed by atoms with van der Waals surface area (Å²) >= 11 is 0. The average molecular weight is 231 g/mol. The van der Waals surface area contributed by atoms with Gasteiger partial charge in [-0.2, -0.15) is 0 Å². The Bertz CT molecular complexity index is 398. The van der Waals surface area contributed by atoms with Crippen LogP contribution in [0.4, 0.5) is 5.69 Å². The monoisotopic (exact) mass is 231 g/mol. The fourth-order valence-electron chi connectivity index (χ4n) is 2.31. The normalized spacial score (nSPS) is 14.4. The lowest BCUT2D eigenvalue weighted by Crippen LogP contribution is -2.28. The summed E-state index contributed by atoms with van der Waals surface area (Å²) in [6.45, 7) is 4.15. The Balaban J connectivity index is 2.01. The molecular formula is C15H21NO. The van der Waals surface area contributed by atoms with Gasteiger partial charge in [-0.25, -0.2) is 0 Å². The smallest absolute Gasteiger partial charge is 0.122 e. The van der Waals surface area contributed by atoms with Crippen LogP contribution in [-0.2, 0) is 0 Å². The summed E-state index contributed by atoms with van der Waals surface area (Å²) in [6.07, 6.45) is 7.03. The van der Waals surface area contributed by atoms with E-state index in [4.69, 9.17) is 0 Å². The summed E-state index contributed by atoms with van der Waals surface area (Å²) in [5.41, 5.74) is 2.14. The Kier molecular flexibility index (Phi) is 4.08. The van der Waals surface area contributed by atoms with Crippen LogP contribution in [0, 0.1) is 0 Å². The number of unbranched alkanes of at least 4 members (excludes halogenated alkanes) is 3. The van der Waals surface area contributed by atoms with Gasteiger partial charge in [0.1, 0.15) is 5.76 Å². The van der Waals surface area contributed by atoms with Crippen molar-refractivity contribution < 1.29 is 5.11 Å².